The predicted molar refractivity (Wildman–Crippen MR) is 120 cm³/mol. The van der Waals surface area contributed by atoms with Crippen molar-refractivity contribution in [2.24, 2.45) is 9.98 Å². The van der Waals surface area contributed by atoms with Gasteiger partial charge in [-0.15, -0.1) is 11.3 Å². The Morgan fingerprint density at radius 2 is 2.18 bits per heavy atom. The van der Waals surface area contributed by atoms with Gasteiger partial charge < -0.3 is 15.2 Å². The molecule has 6 nitrogen and oxygen atoms in total. The lowest BCUT2D eigenvalue weighted by molar-refractivity contribution is 0.112. The summed E-state index contributed by atoms with van der Waals surface area (Å²) in [6.45, 7) is 6.61. The number of carbonyl (C=O) groups excluding carboxylic acids is 1. The monoisotopic (exact) mass is 405 g/mol. The molecular formula is C21H31N3O3S. The Balaban J connectivity index is 0.000000607. The molecule has 1 aliphatic rings. The third-order valence-electron chi connectivity index (χ3n) is 3.10. The molecule has 0 fully saturated rings. The van der Waals surface area contributed by atoms with Crippen LogP contribution in [0.3, 0.4) is 0 Å². The summed E-state index contributed by atoms with van der Waals surface area (Å²) in [5, 5.41) is 12.0. The van der Waals surface area contributed by atoms with E-state index in [2.05, 4.69) is 45.2 Å². The molecule has 0 spiro atoms. The standard InChI is InChI=1S/C13H13N3OS.C5H10.C3H8O2/c1-2-6-14-9-16-12-10-5-3-4-7-15-13(10)18-11(12)8-17;1-3-5-4-2;1-5-3-2-4/h2,4-9H,3H2,1H3,(H,14,16);3,5H,4H2,1-2H3;4H,2-3H2,1H3/b6-2+;5-3-;. The lowest BCUT2D eigenvalue weighted by Gasteiger charge is -1.96. The molecule has 0 atom stereocenters. The summed E-state index contributed by atoms with van der Waals surface area (Å²) in [7, 11) is 1.55. The van der Waals surface area contributed by atoms with Crippen molar-refractivity contribution in [2.75, 3.05) is 25.6 Å². The van der Waals surface area contributed by atoms with Crippen molar-refractivity contribution in [1.29, 1.82) is 0 Å². The van der Waals surface area contributed by atoms with Crippen LogP contribution in [-0.2, 0) is 4.74 Å². The molecule has 2 N–H and O–H groups in total. The summed E-state index contributed by atoms with van der Waals surface area (Å²) in [4.78, 5) is 20.0. The van der Waals surface area contributed by atoms with Gasteiger partial charge in [-0.05, 0) is 26.7 Å². The van der Waals surface area contributed by atoms with Gasteiger partial charge in [-0.3, -0.25) is 4.79 Å². The summed E-state index contributed by atoms with van der Waals surface area (Å²) in [6, 6.07) is 0. The normalized spacial score (nSPS) is 12.3. The van der Waals surface area contributed by atoms with Crippen molar-refractivity contribution in [3.05, 3.63) is 51.5 Å². The zero-order valence-electron chi connectivity index (χ0n) is 17.1. The van der Waals surface area contributed by atoms with Gasteiger partial charge in [-0.2, -0.15) is 0 Å². The van der Waals surface area contributed by atoms with Gasteiger partial charge >= 0.3 is 0 Å². The molecule has 2 heterocycles. The number of methoxy groups -OCH3 is 1. The molecular weight excluding hydrogens is 374 g/mol. The van der Waals surface area contributed by atoms with Crippen LogP contribution in [0.2, 0.25) is 0 Å². The molecule has 0 unspecified atom stereocenters. The number of fused-ring (bicyclic) bond motifs is 1. The van der Waals surface area contributed by atoms with Gasteiger partial charge in [0.2, 0.25) is 0 Å². The van der Waals surface area contributed by atoms with Crippen LogP contribution in [0.4, 0.5) is 5.69 Å². The molecule has 0 amide bonds. The number of ether oxygens (including phenoxy) is 1. The van der Waals surface area contributed by atoms with Gasteiger partial charge in [0.15, 0.2) is 6.29 Å². The van der Waals surface area contributed by atoms with E-state index in [0.29, 0.717) is 11.5 Å². The number of hydrogen-bond donors (Lipinski definition) is 2. The highest BCUT2D eigenvalue weighted by Crippen LogP contribution is 2.11. The molecule has 7 heteroatoms. The molecule has 0 aromatic carbocycles. The van der Waals surface area contributed by atoms with E-state index in [0.717, 1.165) is 34.7 Å². The minimum atomic E-state index is 0.122. The average Bonchev–Trinajstić information content (AvgIpc) is 2.87. The number of rotatable bonds is 7. The van der Waals surface area contributed by atoms with Gasteiger partial charge in [-0.25, -0.2) is 9.98 Å². The Hall–Kier alpha value is -2.35. The number of aliphatic hydroxyl groups excluding tert-OH is 1. The number of nitrogens with zero attached hydrogens (tertiary/aromatic N) is 2. The zero-order chi connectivity index (χ0) is 21.0. The highest BCUT2D eigenvalue weighted by atomic mass is 32.1. The largest absolute Gasteiger partial charge is 0.394 e. The number of thiophene rings is 1. The molecule has 0 saturated carbocycles. The van der Waals surface area contributed by atoms with Gasteiger partial charge in [0.05, 0.1) is 30.1 Å². The third-order valence-corrected chi connectivity index (χ3v) is 4.14. The van der Waals surface area contributed by atoms with E-state index in [4.69, 9.17) is 5.11 Å². The van der Waals surface area contributed by atoms with Crippen molar-refractivity contribution in [3.8, 4) is 0 Å². The van der Waals surface area contributed by atoms with Gasteiger partial charge in [0.25, 0.3) is 0 Å². The molecule has 154 valence electrons. The maximum Gasteiger partial charge on any atom is 0.162 e. The Morgan fingerprint density at radius 3 is 2.68 bits per heavy atom. The Bertz CT molecular complexity index is 776. The maximum absolute atomic E-state index is 11.1. The molecule has 1 aliphatic heterocycles. The van der Waals surface area contributed by atoms with Crippen LogP contribution in [-0.4, -0.2) is 38.1 Å². The van der Waals surface area contributed by atoms with Crippen LogP contribution in [0, 0.1) is 0 Å². The van der Waals surface area contributed by atoms with Crippen molar-refractivity contribution in [2.45, 2.75) is 33.6 Å². The topological polar surface area (TPSA) is 83.3 Å². The minimum absolute atomic E-state index is 0.122. The smallest absolute Gasteiger partial charge is 0.162 e. The number of aliphatic imine (C=N–C) groups is 1. The third kappa shape index (κ3) is 10.7. The molecule has 2 rings (SSSR count). The highest BCUT2D eigenvalue weighted by molar-refractivity contribution is 7.11. The number of allylic oxidation sites excluding steroid dienone is 4. The second-order valence-electron chi connectivity index (χ2n) is 5.23. The van der Waals surface area contributed by atoms with Gasteiger partial charge in [-0.1, -0.05) is 37.3 Å². The SMILES string of the molecule is C/C=C/N=CNc1c(C=O)sc2c1=CCC=CN=2.C/C=C\CC.COCCO. The first-order valence-electron chi connectivity index (χ1n) is 9.11. The molecule has 1 aromatic heterocycles. The summed E-state index contributed by atoms with van der Waals surface area (Å²) in [5.74, 6) is 0. The number of carbonyl (C=O) groups is 1. The van der Waals surface area contributed by atoms with Crippen molar-refractivity contribution >= 4 is 35.7 Å². The van der Waals surface area contributed by atoms with E-state index < -0.39 is 0 Å². The minimum Gasteiger partial charge on any atom is -0.394 e. The number of aliphatic hydroxyl groups is 1. The molecule has 0 bridgehead atoms. The van der Waals surface area contributed by atoms with Crippen molar-refractivity contribution in [3.63, 3.8) is 0 Å². The van der Waals surface area contributed by atoms with E-state index in [9.17, 15) is 4.79 Å². The van der Waals surface area contributed by atoms with Crippen LogP contribution >= 0.6 is 11.3 Å². The lowest BCUT2D eigenvalue weighted by atomic mass is 10.3. The summed E-state index contributed by atoms with van der Waals surface area (Å²) in [6.07, 6.45) is 17.9. The first-order valence-corrected chi connectivity index (χ1v) is 9.92. The molecule has 28 heavy (non-hydrogen) atoms. The summed E-state index contributed by atoms with van der Waals surface area (Å²) >= 11 is 1.38. The molecule has 0 saturated heterocycles. The maximum atomic E-state index is 11.1. The molecule has 0 aliphatic carbocycles. The fourth-order valence-corrected chi connectivity index (χ4v) is 2.83. The van der Waals surface area contributed by atoms with E-state index >= 15 is 0 Å². The lowest BCUT2D eigenvalue weighted by Crippen LogP contribution is -2.21. The first kappa shape index (κ1) is 25.6. The van der Waals surface area contributed by atoms with E-state index in [1.807, 2.05) is 26.0 Å². The quantitative estimate of drug-likeness (QED) is 0.315. The number of hydrogen-bond acceptors (Lipinski definition) is 6. The Kier molecular flexibility index (Phi) is 16.5. The summed E-state index contributed by atoms with van der Waals surface area (Å²) in [5.41, 5.74) is 0.783. The predicted octanol–water partition coefficient (Wildman–Crippen LogP) is 3.45. The number of nitrogens with one attached hydrogen (secondary N) is 1. The van der Waals surface area contributed by atoms with Crippen molar-refractivity contribution in [1.82, 2.24) is 0 Å². The van der Waals surface area contributed by atoms with E-state index in [1.54, 1.807) is 25.8 Å². The van der Waals surface area contributed by atoms with Crippen LogP contribution in [0.25, 0.3) is 6.08 Å². The van der Waals surface area contributed by atoms with Crippen LogP contribution < -0.4 is 15.2 Å². The van der Waals surface area contributed by atoms with E-state index in [1.165, 1.54) is 11.3 Å². The van der Waals surface area contributed by atoms with Crippen molar-refractivity contribution < 1.29 is 14.6 Å². The van der Waals surface area contributed by atoms with Crippen LogP contribution in [0.15, 0.2) is 46.7 Å². The summed E-state index contributed by atoms with van der Waals surface area (Å²) < 4.78 is 5.30. The molecule has 1 aromatic rings. The second-order valence-corrected chi connectivity index (χ2v) is 6.26. The fourth-order valence-electron chi connectivity index (χ4n) is 1.89. The van der Waals surface area contributed by atoms with Crippen LogP contribution in [0.5, 0.6) is 0 Å². The Morgan fingerprint density at radius 1 is 1.39 bits per heavy atom. The number of anilines is 1. The molecule has 0 radical (unpaired) electrons. The fraction of sp³-hybridized carbons (Fsp3) is 0.381. The van der Waals surface area contributed by atoms with Gasteiger partial charge in [0, 0.05) is 24.7 Å². The van der Waals surface area contributed by atoms with Gasteiger partial charge in [0.1, 0.15) is 4.67 Å². The number of aldehydes is 1. The first-order chi connectivity index (χ1) is 13.7. The second kappa shape index (κ2) is 18.0. The van der Waals surface area contributed by atoms with Crippen LogP contribution in [0.1, 0.15) is 43.3 Å². The van der Waals surface area contributed by atoms with E-state index in [-0.39, 0.29) is 6.61 Å². The zero-order valence-corrected chi connectivity index (χ0v) is 17.9. The average molecular weight is 406 g/mol. The Labute approximate surface area is 171 Å². The highest BCUT2D eigenvalue weighted by Gasteiger charge is 2.08.